The van der Waals surface area contributed by atoms with Gasteiger partial charge in [-0.25, -0.2) is 0 Å². The molecule has 1 saturated heterocycles. The maximum Gasteiger partial charge on any atom is 0.305 e. The first-order chi connectivity index (χ1) is 8.58. The lowest BCUT2D eigenvalue weighted by Crippen LogP contribution is -2.35. The van der Waals surface area contributed by atoms with E-state index in [1.54, 1.807) is 11.3 Å². The minimum absolute atomic E-state index is 0.0627. The fourth-order valence-electron chi connectivity index (χ4n) is 2.81. The number of hydrogen-bond donors (Lipinski definition) is 1. The van der Waals surface area contributed by atoms with Crippen LogP contribution in [0.25, 0.3) is 0 Å². The fourth-order valence-corrected chi connectivity index (χ4v) is 3.79. The van der Waals surface area contributed by atoms with Crippen LogP contribution in [0.4, 0.5) is 0 Å². The number of likely N-dealkylation sites (tertiary alicyclic amines) is 1. The molecule has 2 heterocycles. The van der Waals surface area contributed by atoms with Crippen LogP contribution in [0, 0.1) is 13.8 Å². The van der Waals surface area contributed by atoms with Crippen LogP contribution < -0.4 is 0 Å². The number of nitrogens with zero attached hydrogens (tertiary/aromatic N) is 1. The minimum Gasteiger partial charge on any atom is -0.481 e. The van der Waals surface area contributed by atoms with Crippen molar-refractivity contribution in [2.45, 2.75) is 45.6 Å². The van der Waals surface area contributed by atoms with Gasteiger partial charge in [-0.05, 0) is 51.4 Å². The van der Waals surface area contributed by atoms with E-state index in [0.29, 0.717) is 0 Å². The van der Waals surface area contributed by atoms with Gasteiger partial charge in [-0.15, -0.1) is 11.3 Å². The molecule has 0 saturated carbocycles. The van der Waals surface area contributed by atoms with Crippen molar-refractivity contribution in [1.29, 1.82) is 0 Å². The zero-order valence-electron chi connectivity index (χ0n) is 11.1. The summed E-state index contributed by atoms with van der Waals surface area (Å²) in [5, 5.41) is 9.15. The maximum atomic E-state index is 11.1. The molecule has 1 aromatic heterocycles. The molecule has 1 N–H and O–H groups in total. The number of piperidine rings is 1. The number of rotatable bonds is 4. The van der Waals surface area contributed by atoms with E-state index in [1.807, 2.05) is 0 Å². The van der Waals surface area contributed by atoms with E-state index in [2.05, 4.69) is 24.8 Å². The first-order valence-electron chi connectivity index (χ1n) is 6.60. The Kier molecular flexibility index (Phi) is 4.40. The molecule has 1 fully saturated rings. The van der Waals surface area contributed by atoms with E-state index in [4.69, 9.17) is 5.11 Å². The number of aliphatic carboxylic acids is 1. The first kappa shape index (κ1) is 13.6. The van der Waals surface area contributed by atoms with Gasteiger partial charge in [0, 0.05) is 15.8 Å². The molecule has 1 atom stereocenters. The van der Waals surface area contributed by atoms with Gasteiger partial charge in [-0.1, -0.05) is 6.42 Å². The van der Waals surface area contributed by atoms with Crippen molar-refractivity contribution < 1.29 is 9.90 Å². The predicted molar refractivity (Wildman–Crippen MR) is 74.2 cm³/mol. The van der Waals surface area contributed by atoms with Crippen molar-refractivity contribution in [1.82, 2.24) is 4.90 Å². The molecule has 4 heteroatoms. The van der Waals surface area contributed by atoms with Crippen LogP contribution in [-0.2, 0) is 4.79 Å². The Labute approximate surface area is 112 Å². The Hall–Kier alpha value is -0.870. The van der Waals surface area contributed by atoms with Crippen molar-refractivity contribution in [2.24, 2.45) is 0 Å². The third-order valence-corrected chi connectivity index (χ3v) is 4.62. The molecular weight excluding hydrogens is 246 g/mol. The Bertz CT molecular complexity index is 421. The van der Waals surface area contributed by atoms with Gasteiger partial charge in [-0.2, -0.15) is 0 Å². The van der Waals surface area contributed by atoms with Gasteiger partial charge in [0.05, 0.1) is 6.42 Å². The highest BCUT2D eigenvalue weighted by Gasteiger charge is 2.26. The second-order valence-electron chi connectivity index (χ2n) is 5.08. The summed E-state index contributed by atoms with van der Waals surface area (Å²) in [7, 11) is 0. The molecule has 3 nitrogen and oxygen atoms in total. The fraction of sp³-hybridized carbons (Fsp3) is 0.643. The molecule has 0 amide bonds. The van der Waals surface area contributed by atoms with Crippen molar-refractivity contribution in [3.8, 4) is 0 Å². The molecule has 0 bridgehead atoms. The molecule has 1 unspecified atom stereocenters. The molecule has 18 heavy (non-hydrogen) atoms. The third kappa shape index (κ3) is 3.12. The lowest BCUT2D eigenvalue weighted by molar-refractivity contribution is -0.138. The van der Waals surface area contributed by atoms with Gasteiger partial charge >= 0.3 is 5.97 Å². The average molecular weight is 267 g/mol. The van der Waals surface area contributed by atoms with Gasteiger partial charge in [0.15, 0.2) is 0 Å². The van der Waals surface area contributed by atoms with Gasteiger partial charge in [0.2, 0.25) is 0 Å². The van der Waals surface area contributed by atoms with E-state index in [9.17, 15) is 4.79 Å². The van der Waals surface area contributed by atoms with E-state index < -0.39 is 5.97 Å². The second kappa shape index (κ2) is 5.85. The Balaban J connectivity index is 2.23. The smallest absolute Gasteiger partial charge is 0.305 e. The summed E-state index contributed by atoms with van der Waals surface area (Å²) in [4.78, 5) is 16.0. The van der Waals surface area contributed by atoms with Crippen LogP contribution in [0.3, 0.4) is 0 Å². The van der Waals surface area contributed by atoms with E-state index in [1.165, 1.54) is 34.6 Å². The molecule has 1 aliphatic rings. The summed E-state index contributed by atoms with van der Waals surface area (Å²) in [6, 6.07) is 2.23. The van der Waals surface area contributed by atoms with Gasteiger partial charge in [0.25, 0.3) is 0 Å². The van der Waals surface area contributed by atoms with Crippen LogP contribution in [-0.4, -0.2) is 29.1 Å². The zero-order valence-corrected chi connectivity index (χ0v) is 11.9. The summed E-state index contributed by atoms with van der Waals surface area (Å²) in [6.07, 6.45) is 3.88. The quantitative estimate of drug-likeness (QED) is 0.909. The zero-order chi connectivity index (χ0) is 13.1. The number of carboxylic acids is 1. The molecule has 0 aliphatic carbocycles. The standard InChI is InChI=1S/C14H21NO2S/c1-10-8-12(11(2)18-10)13(9-14(16)17)15-6-4-3-5-7-15/h8,13H,3-7,9H2,1-2H3,(H,16,17). The summed E-state index contributed by atoms with van der Waals surface area (Å²) in [5.41, 5.74) is 1.22. The van der Waals surface area contributed by atoms with Crippen LogP contribution in [0.15, 0.2) is 6.07 Å². The van der Waals surface area contributed by atoms with Crippen LogP contribution in [0.2, 0.25) is 0 Å². The topological polar surface area (TPSA) is 40.5 Å². The largest absolute Gasteiger partial charge is 0.481 e. The molecule has 100 valence electrons. The predicted octanol–water partition coefficient (Wildman–Crippen LogP) is 3.37. The molecular formula is C14H21NO2S. The average Bonchev–Trinajstić information content (AvgIpc) is 2.66. The summed E-state index contributed by atoms with van der Waals surface area (Å²) >= 11 is 1.77. The summed E-state index contributed by atoms with van der Waals surface area (Å²) in [6.45, 7) is 6.26. The van der Waals surface area contributed by atoms with Crippen LogP contribution >= 0.6 is 11.3 Å². The molecule has 0 radical (unpaired) electrons. The van der Waals surface area contributed by atoms with E-state index >= 15 is 0 Å². The third-order valence-electron chi connectivity index (χ3n) is 3.64. The van der Waals surface area contributed by atoms with Gasteiger partial charge in [-0.3, -0.25) is 9.69 Å². The van der Waals surface area contributed by atoms with E-state index in [0.717, 1.165) is 13.1 Å². The molecule has 0 spiro atoms. The van der Waals surface area contributed by atoms with Crippen LogP contribution in [0.5, 0.6) is 0 Å². The molecule has 0 aromatic carbocycles. The Morgan fingerprint density at radius 1 is 1.39 bits per heavy atom. The summed E-state index contributed by atoms with van der Waals surface area (Å²) < 4.78 is 0. The molecule has 2 rings (SSSR count). The monoisotopic (exact) mass is 267 g/mol. The van der Waals surface area contributed by atoms with Crippen molar-refractivity contribution >= 4 is 17.3 Å². The lowest BCUT2D eigenvalue weighted by atomic mass is 9.99. The maximum absolute atomic E-state index is 11.1. The van der Waals surface area contributed by atoms with Crippen molar-refractivity contribution in [3.05, 3.63) is 21.4 Å². The summed E-state index contributed by atoms with van der Waals surface area (Å²) in [5.74, 6) is -0.700. The number of hydrogen-bond acceptors (Lipinski definition) is 3. The normalized spacial score (nSPS) is 18.8. The highest BCUT2D eigenvalue weighted by atomic mass is 32.1. The Morgan fingerprint density at radius 2 is 2.06 bits per heavy atom. The van der Waals surface area contributed by atoms with E-state index in [-0.39, 0.29) is 12.5 Å². The van der Waals surface area contributed by atoms with Gasteiger partial charge in [0.1, 0.15) is 0 Å². The minimum atomic E-state index is -0.700. The van der Waals surface area contributed by atoms with Crippen molar-refractivity contribution in [2.75, 3.05) is 13.1 Å². The molecule has 1 aliphatic heterocycles. The number of thiophene rings is 1. The van der Waals surface area contributed by atoms with Crippen molar-refractivity contribution in [3.63, 3.8) is 0 Å². The first-order valence-corrected chi connectivity index (χ1v) is 7.42. The van der Waals surface area contributed by atoms with Crippen LogP contribution in [0.1, 0.15) is 47.0 Å². The number of aryl methyl sites for hydroxylation is 2. The Morgan fingerprint density at radius 3 is 2.56 bits per heavy atom. The highest BCUT2D eigenvalue weighted by Crippen LogP contribution is 2.33. The van der Waals surface area contributed by atoms with Gasteiger partial charge < -0.3 is 5.11 Å². The SMILES string of the molecule is Cc1cc(C(CC(=O)O)N2CCCCC2)c(C)s1. The lowest BCUT2D eigenvalue weighted by Gasteiger charge is -2.34. The number of carbonyl (C=O) groups is 1. The molecule has 1 aromatic rings. The second-order valence-corrected chi connectivity index (χ2v) is 6.54. The highest BCUT2D eigenvalue weighted by molar-refractivity contribution is 7.12. The number of carboxylic acid groups (broad SMARTS) is 1.